The zero-order valence-electron chi connectivity index (χ0n) is 6.18. The molecule has 12 heavy (non-hydrogen) atoms. The Kier molecular flexibility index (Phi) is 4.15. The van der Waals surface area contributed by atoms with Gasteiger partial charge in [0.1, 0.15) is 0 Å². The van der Waals surface area contributed by atoms with Crippen LogP contribution < -0.4 is 0 Å². The van der Waals surface area contributed by atoms with Crippen LogP contribution in [0.4, 0.5) is 0 Å². The fraction of sp³-hybridized carbons (Fsp3) is 0. The van der Waals surface area contributed by atoms with Crippen molar-refractivity contribution in [1.82, 2.24) is 0 Å². The number of furan rings is 1. The zero-order chi connectivity index (χ0) is 8.48. The van der Waals surface area contributed by atoms with Crippen LogP contribution in [-0.4, -0.2) is 48.8 Å². The summed E-state index contributed by atoms with van der Waals surface area (Å²) >= 11 is 0. The van der Waals surface area contributed by atoms with Crippen molar-refractivity contribution in [2.24, 2.45) is 0 Å². The summed E-state index contributed by atoms with van der Waals surface area (Å²) in [5.41, 5.74) is 0. The van der Waals surface area contributed by atoms with Gasteiger partial charge in [-0.25, -0.2) is 8.42 Å². The number of carbonyl (C=O) groups excluding carboxylic acids is 1. The van der Waals surface area contributed by atoms with E-state index in [9.17, 15) is 17.8 Å². The molecule has 1 aromatic rings. The molecule has 61 valence electrons. The van der Waals surface area contributed by atoms with Gasteiger partial charge >= 0.3 is 0 Å². The van der Waals surface area contributed by atoms with Gasteiger partial charge in [0.25, 0.3) is 0 Å². The Labute approximate surface area is 90.8 Å². The van der Waals surface area contributed by atoms with Gasteiger partial charge in [-0.2, -0.15) is 0 Å². The molecule has 0 amide bonds. The standard InChI is InChI=1S/C5H4O5S.Na/c6-3-4-1-2-5(10-4)11(7,8)9;/h1-3H,(H,7,8,9);/p-1. The molecule has 0 fully saturated rings. The average molecular weight is 198 g/mol. The van der Waals surface area contributed by atoms with E-state index >= 15 is 0 Å². The summed E-state index contributed by atoms with van der Waals surface area (Å²) in [6.07, 6.45) is 0.314. The van der Waals surface area contributed by atoms with Crippen LogP contribution >= 0.6 is 0 Å². The largest absolute Gasteiger partial charge is 0.742 e. The molecule has 7 heteroatoms. The SMILES string of the molecule is O=Cc1ccc(S(=O)(=O)[O-])o1.[Na]. The summed E-state index contributed by atoms with van der Waals surface area (Å²) in [4.78, 5) is 9.96. The second kappa shape index (κ2) is 4.20. The van der Waals surface area contributed by atoms with Crippen LogP contribution in [0.15, 0.2) is 21.6 Å². The molecule has 0 aliphatic rings. The molecule has 5 nitrogen and oxygen atoms in total. The molecule has 0 bridgehead atoms. The third kappa shape index (κ3) is 2.72. The summed E-state index contributed by atoms with van der Waals surface area (Å²) in [6.45, 7) is 0. The second-order valence-corrected chi connectivity index (χ2v) is 3.04. The second-order valence-electron chi connectivity index (χ2n) is 1.73. The minimum absolute atomic E-state index is 0. The molecule has 0 N–H and O–H groups in total. The molecule has 1 radical (unpaired) electrons. The van der Waals surface area contributed by atoms with Crippen molar-refractivity contribution in [3.05, 3.63) is 17.9 Å². The topological polar surface area (TPSA) is 87.4 Å². The first kappa shape index (κ1) is 11.9. The van der Waals surface area contributed by atoms with Crippen molar-refractivity contribution in [2.75, 3.05) is 0 Å². The maximum atomic E-state index is 10.2. The van der Waals surface area contributed by atoms with Gasteiger partial charge in [0.05, 0.1) is 0 Å². The smallest absolute Gasteiger partial charge is 0.206 e. The third-order valence-electron chi connectivity index (χ3n) is 0.965. The molecule has 0 spiro atoms. The van der Waals surface area contributed by atoms with Crippen LogP contribution in [0.3, 0.4) is 0 Å². The molecule has 0 aliphatic carbocycles. The Hall–Kier alpha value is -0.140. The van der Waals surface area contributed by atoms with Gasteiger partial charge in [0.15, 0.2) is 22.2 Å². The van der Waals surface area contributed by atoms with E-state index < -0.39 is 15.2 Å². The fourth-order valence-corrected chi connectivity index (χ4v) is 0.965. The van der Waals surface area contributed by atoms with Gasteiger partial charge in [0.2, 0.25) is 5.09 Å². The number of hydrogen-bond donors (Lipinski definition) is 0. The maximum Gasteiger partial charge on any atom is 0.206 e. The first-order valence-electron chi connectivity index (χ1n) is 2.55. The van der Waals surface area contributed by atoms with Crippen LogP contribution in [0.2, 0.25) is 0 Å². The molecule has 1 aromatic heterocycles. The van der Waals surface area contributed by atoms with Gasteiger partial charge < -0.3 is 8.97 Å². The van der Waals surface area contributed by atoms with Crippen LogP contribution in [0, 0.1) is 0 Å². The van der Waals surface area contributed by atoms with Gasteiger partial charge in [-0.15, -0.1) is 0 Å². The van der Waals surface area contributed by atoms with E-state index in [2.05, 4.69) is 4.42 Å². The summed E-state index contributed by atoms with van der Waals surface area (Å²) in [5.74, 6) is -0.181. The van der Waals surface area contributed by atoms with E-state index in [-0.39, 0.29) is 35.3 Å². The molecule has 0 saturated carbocycles. The third-order valence-corrected chi connectivity index (χ3v) is 1.68. The molecular weight excluding hydrogens is 195 g/mol. The molecule has 0 saturated heterocycles. The van der Waals surface area contributed by atoms with E-state index in [1.807, 2.05) is 0 Å². The Morgan fingerprint density at radius 1 is 1.42 bits per heavy atom. The van der Waals surface area contributed by atoms with Gasteiger partial charge in [-0.3, -0.25) is 4.79 Å². The number of rotatable bonds is 2. The van der Waals surface area contributed by atoms with Crippen molar-refractivity contribution in [1.29, 1.82) is 0 Å². The van der Waals surface area contributed by atoms with E-state index in [1.54, 1.807) is 0 Å². The Balaban J connectivity index is 0.00000121. The monoisotopic (exact) mass is 198 g/mol. The van der Waals surface area contributed by atoms with E-state index in [0.717, 1.165) is 12.1 Å². The zero-order valence-corrected chi connectivity index (χ0v) is 9.00. The summed E-state index contributed by atoms with van der Waals surface area (Å²) in [7, 11) is -4.57. The van der Waals surface area contributed by atoms with E-state index in [4.69, 9.17) is 0 Å². The summed E-state index contributed by atoms with van der Waals surface area (Å²) in [6, 6.07) is 2.05. The summed E-state index contributed by atoms with van der Waals surface area (Å²) in [5, 5.41) is -0.736. The quantitative estimate of drug-likeness (QED) is 0.367. The van der Waals surface area contributed by atoms with Gasteiger partial charge in [0, 0.05) is 29.6 Å². The number of carbonyl (C=O) groups is 1. The fourth-order valence-electron chi connectivity index (χ4n) is 0.532. The predicted molar refractivity (Wildman–Crippen MR) is 37.8 cm³/mol. The van der Waals surface area contributed by atoms with Crippen LogP contribution in [-0.2, 0) is 10.1 Å². The van der Waals surface area contributed by atoms with Crippen LogP contribution in [0.5, 0.6) is 0 Å². The normalized spacial score (nSPS) is 10.4. The maximum absolute atomic E-state index is 10.2. The predicted octanol–water partition coefficient (Wildman–Crippen LogP) is -0.385. The first-order valence-corrected chi connectivity index (χ1v) is 3.96. The van der Waals surface area contributed by atoms with Crippen molar-refractivity contribution in [2.45, 2.75) is 5.09 Å². The van der Waals surface area contributed by atoms with Crippen LogP contribution in [0.25, 0.3) is 0 Å². The minimum atomic E-state index is -4.57. The van der Waals surface area contributed by atoms with Gasteiger partial charge in [-0.1, -0.05) is 0 Å². The first-order chi connectivity index (χ1) is 5.04. The van der Waals surface area contributed by atoms with Crippen molar-refractivity contribution >= 4 is 46.0 Å². The number of aldehydes is 1. The Morgan fingerprint density at radius 3 is 2.25 bits per heavy atom. The molecular formula is C5H3NaO5S-. The van der Waals surface area contributed by atoms with Gasteiger partial charge in [-0.05, 0) is 12.1 Å². The van der Waals surface area contributed by atoms with Crippen molar-refractivity contribution < 1.29 is 22.2 Å². The minimum Gasteiger partial charge on any atom is -0.742 e. The molecule has 1 rings (SSSR count). The van der Waals surface area contributed by atoms with E-state index in [1.165, 1.54) is 0 Å². The molecule has 0 aromatic carbocycles. The Bertz CT molecular complexity index is 365. The van der Waals surface area contributed by atoms with Crippen molar-refractivity contribution in [3.8, 4) is 0 Å². The van der Waals surface area contributed by atoms with Crippen LogP contribution in [0.1, 0.15) is 10.6 Å². The summed E-state index contributed by atoms with van der Waals surface area (Å²) < 4.78 is 34.9. The molecule has 0 unspecified atom stereocenters. The molecule has 0 atom stereocenters. The molecule has 1 heterocycles. The average Bonchev–Trinajstić information content (AvgIpc) is 2.32. The van der Waals surface area contributed by atoms with Crippen molar-refractivity contribution in [3.63, 3.8) is 0 Å². The number of hydrogen-bond acceptors (Lipinski definition) is 5. The molecule has 0 aliphatic heterocycles. The van der Waals surface area contributed by atoms with E-state index in [0.29, 0.717) is 6.29 Å². The Morgan fingerprint density at radius 2 is 2.00 bits per heavy atom.